The number of hydrogen-bond donors (Lipinski definition) is 2. The van der Waals surface area contributed by atoms with Gasteiger partial charge in [-0.1, -0.05) is 0 Å². The monoisotopic (exact) mass is 595 g/mol. The summed E-state index contributed by atoms with van der Waals surface area (Å²) < 4.78 is 50.8. The summed E-state index contributed by atoms with van der Waals surface area (Å²) in [7, 11) is 1.37. The van der Waals surface area contributed by atoms with Crippen LogP contribution in [0.1, 0.15) is 61.0 Å². The molecule has 3 heterocycles. The van der Waals surface area contributed by atoms with Crippen molar-refractivity contribution in [1.82, 2.24) is 14.9 Å². The Bertz CT molecular complexity index is 1340. The second-order valence-corrected chi connectivity index (χ2v) is 11.6. The molecule has 0 spiro atoms. The Balaban J connectivity index is 1.36. The zero-order chi connectivity index (χ0) is 29.5. The van der Waals surface area contributed by atoms with Gasteiger partial charge < -0.3 is 25.4 Å². The van der Waals surface area contributed by atoms with Gasteiger partial charge in [0.15, 0.2) is 0 Å². The van der Waals surface area contributed by atoms with Gasteiger partial charge in [0.2, 0.25) is 11.2 Å². The zero-order valence-electron chi connectivity index (χ0n) is 22.9. The van der Waals surface area contributed by atoms with E-state index in [9.17, 15) is 22.8 Å². The zero-order valence-corrected chi connectivity index (χ0v) is 23.6. The molecule has 1 aromatic carbocycles. The van der Waals surface area contributed by atoms with Crippen LogP contribution in [0.5, 0.6) is 0 Å². The third-order valence-electron chi connectivity index (χ3n) is 8.62. The van der Waals surface area contributed by atoms with Crippen LogP contribution in [0.3, 0.4) is 0 Å². The lowest BCUT2D eigenvalue weighted by atomic mass is 9.78. The number of anilines is 2. The molecule has 1 amide bonds. The van der Waals surface area contributed by atoms with Gasteiger partial charge in [-0.05, 0) is 73.4 Å². The van der Waals surface area contributed by atoms with E-state index in [4.69, 9.17) is 26.8 Å². The van der Waals surface area contributed by atoms with Crippen molar-refractivity contribution >= 4 is 35.0 Å². The quantitative estimate of drug-likeness (QED) is 0.267. The number of ether oxygens (including phenoxy) is 2. The number of methoxy groups -OCH3 is 1. The van der Waals surface area contributed by atoms with E-state index < -0.39 is 23.2 Å². The fourth-order valence-corrected chi connectivity index (χ4v) is 6.71. The number of carbonyl (C=O) groups excluding carboxylic acids is 2. The van der Waals surface area contributed by atoms with Crippen LogP contribution in [-0.2, 0) is 38.2 Å². The van der Waals surface area contributed by atoms with Gasteiger partial charge >= 0.3 is 12.1 Å². The molecule has 1 saturated carbocycles. The maximum Gasteiger partial charge on any atom is 0.416 e. The highest BCUT2D eigenvalue weighted by molar-refractivity contribution is 6.28. The molecular weight excluding hydrogens is 563 g/mol. The summed E-state index contributed by atoms with van der Waals surface area (Å²) in [6.45, 7) is 3.22. The average Bonchev–Trinajstić information content (AvgIpc) is 3.48. The summed E-state index contributed by atoms with van der Waals surface area (Å²) >= 11 is 6.21. The van der Waals surface area contributed by atoms with Crippen LogP contribution in [0.15, 0.2) is 18.2 Å². The summed E-state index contributed by atoms with van der Waals surface area (Å²) in [6, 6.07) is 2.83. The Morgan fingerprint density at radius 1 is 1.32 bits per heavy atom. The summed E-state index contributed by atoms with van der Waals surface area (Å²) in [6.07, 6.45) is -1.64. The van der Waals surface area contributed by atoms with Crippen molar-refractivity contribution in [3.8, 4) is 0 Å². The number of nitrogens with two attached hydrogens (primary N) is 1. The number of nitrogens with one attached hydrogen (secondary N) is 1. The van der Waals surface area contributed by atoms with Gasteiger partial charge in [0.05, 0.1) is 49.6 Å². The first-order valence-electron chi connectivity index (χ1n) is 13.6. The number of halogens is 4. The maximum atomic E-state index is 14.1. The first-order chi connectivity index (χ1) is 19.4. The Morgan fingerprint density at radius 3 is 2.83 bits per heavy atom. The van der Waals surface area contributed by atoms with E-state index in [1.807, 2.05) is 0 Å². The molecular formula is C28H33ClF3N5O4. The Morgan fingerprint density at radius 2 is 2.10 bits per heavy atom. The molecule has 0 bridgehead atoms. The minimum absolute atomic E-state index is 0.00274. The summed E-state index contributed by atoms with van der Waals surface area (Å²) in [5, 5.41) is 3.19. The van der Waals surface area contributed by atoms with Gasteiger partial charge in [-0.15, -0.1) is 0 Å². The standard InChI is InChI=1S/C28H33ClF3N5O4/c1-15(17-8-18(28(30,31)32)10-20(33)9-17)34-24-21-12-37(6-5-22(21)35-26(29)36-24)25(39)27-11-16(3-4-23(38)40-2)7-19(27)13-41-14-27/h8-10,15-16,19H,3-7,11-14,33H2,1-2H3,(H,34,35,36)/t15-,16?,19?,27-/m1/s1. The van der Waals surface area contributed by atoms with Gasteiger partial charge in [-0.25, -0.2) is 9.97 Å². The number of nitrogen functional groups attached to an aromatic ring is 1. The second kappa shape index (κ2) is 11.3. The Labute approximate surface area is 240 Å². The van der Waals surface area contributed by atoms with Gasteiger partial charge in [0.1, 0.15) is 5.82 Å². The number of benzene rings is 1. The fraction of sp³-hybridized carbons (Fsp3) is 0.571. The predicted octanol–water partition coefficient (Wildman–Crippen LogP) is 4.78. The number of hydrogen-bond acceptors (Lipinski definition) is 8. The number of fused-ring (bicyclic) bond motifs is 2. The van der Waals surface area contributed by atoms with E-state index in [0.717, 1.165) is 18.6 Å². The molecule has 3 N–H and O–H groups in total. The number of amides is 1. The smallest absolute Gasteiger partial charge is 0.416 e. The molecule has 222 valence electrons. The molecule has 3 aliphatic rings. The van der Waals surface area contributed by atoms with E-state index in [0.29, 0.717) is 68.1 Å². The molecule has 1 aliphatic carbocycles. The van der Waals surface area contributed by atoms with Crippen molar-refractivity contribution in [2.75, 3.05) is 37.9 Å². The highest BCUT2D eigenvalue weighted by atomic mass is 35.5. The molecule has 41 heavy (non-hydrogen) atoms. The third kappa shape index (κ3) is 5.94. The van der Waals surface area contributed by atoms with Gasteiger partial charge in [-0.3, -0.25) is 9.59 Å². The minimum atomic E-state index is -4.54. The van der Waals surface area contributed by atoms with Crippen LogP contribution < -0.4 is 11.1 Å². The topological polar surface area (TPSA) is 120 Å². The van der Waals surface area contributed by atoms with Crippen molar-refractivity contribution < 1.29 is 32.2 Å². The van der Waals surface area contributed by atoms with Crippen LogP contribution in [0.4, 0.5) is 24.7 Å². The first kappa shape index (κ1) is 29.4. The Kier molecular flexibility index (Phi) is 8.08. The molecule has 1 saturated heterocycles. The van der Waals surface area contributed by atoms with Crippen molar-refractivity contribution in [3.05, 3.63) is 45.9 Å². The van der Waals surface area contributed by atoms with Gasteiger partial charge in [-0.2, -0.15) is 13.2 Å². The molecule has 2 fully saturated rings. The highest BCUT2D eigenvalue weighted by Crippen LogP contribution is 2.53. The number of rotatable bonds is 7. The highest BCUT2D eigenvalue weighted by Gasteiger charge is 2.57. The molecule has 1 aromatic heterocycles. The van der Waals surface area contributed by atoms with E-state index in [1.165, 1.54) is 13.2 Å². The van der Waals surface area contributed by atoms with Crippen molar-refractivity contribution in [3.63, 3.8) is 0 Å². The molecule has 4 atom stereocenters. The van der Waals surface area contributed by atoms with E-state index >= 15 is 0 Å². The van der Waals surface area contributed by atoms with Crippen molar-refractivity contribution in [1.29, 1.82) is 0 Å². The van der Waals surface area contributed by atoms with Crippen LogP contribution in [-0.4, -0.2) is 53.6 Å². The summed E-state index contributed by atoms with van der Waals surface area (Å²) in [4.78, 5) is 36.3. The lowest BCUT2D eigenvalue weighted by Gasteiger charge is -2.37. The number of esters is 1. The predicted molar refractivity (Wildman–Crippen MR) is 145 cm³/mol. The molecule has 9 nitrogen and oxygen atoms in total. The third-order valence-corrected chi connectivity index (χ3v) is 8.79. The number of alkyl halides is 3. The van der Waals surface area contributed by atoms with Crippen LogP contribution in [0.2, 0.25) is 5.28 Å². The van der Waals surface area contributed by atoms with E-state index in [-0.39, 0.29) is 41.2 Å². The molecule has 13 heteroatoms. The largest absolute Gasteiger partial charge is 0.469 e. The number of carbonyl (C=O) groups is 2. The number of aromatic nitrogens is 2. The van der Waals surface area contributed by atoms with Crippen molar-refractivity contribution in [2.24, 2.45) is 17.3 Å². The second-order valence-electron chi connectivity index (χ2n) is 11.3. The van der Waals surface area contributed by atoms with Gasteiger partial charge in [0, 0.05) is 30.6 Å². The SMILES string of the molecule is COC(=O)CCC1CC2COC[C@]2(C(=O)N2CCc3nc(Cl)nc(N[C@H](C)c4cc(N)cc(C(F)(F)F)c4)c3C2)C1. The van der Waals surface area contributed by atoms with Crippen LogP contribution >= 0.6 is 11.6 Å². The summed E-state index contributed by atoms with van der Waals surface area (Å²) in [5.41, 5.74) is 5.97. The van der Waals surface area contributed by atoms with Crippen LogP contribution in [0.25, 0.3) is 0 Å². The van der Waals surface area contributed by atoms with Crippen LogP contribution in [0, 0.1) is 17.3 Å². The minimum Gasteiger partial charge on any atom is -0.469 e. The first-order valence-corrected chi connectivity index (χ1v) is 14.0. The molecule has 5 rings (SSSR count). The average molecular weight is 596 g/mol. The fourth-order valence-electron chi connectivity index (χ4n) is 6.52. The lowest BCUT2D eigenvalue weighted by molar-refractivity contribution is -0.144. The molecule has 0 radical (unpaired) electrons. The molecule has 2 unspecified atom stereocenters. The lowest BCUT2D eigenvalue weighted by Crippen LogP contribution is -2.48. The molecule has 2 aromatic rings. The number of nitrogens with zero attached hydrogens (tertiary/aromatic N) is 3. The van der Waals surface area contributed by atoms with E-state index in [2.05, 4.69) is 15.3 Å². The normalized spacial score (nSPS) is 24.5. The summed E-state index contributed by atoms with van der Waals surface area (Å²) in [5.74, 6) is 0.409. The Hall–Kier alpha value is -3.12. The maximum absolute atomic E-state index is 14.1. The van der Waals surface area contributed by atoms with E-state index in [1.54, 1.807) is 11.8 Å². The molecule has 2 aliphatic heterocycles. The van der Waals surface area contributed by atoms with Crippen molar-refractivity contribution in [2.45, 2.75) is 57.8 Å². The van der Waals surface area contributed by atoms with Gasteiger partial charge in [0.25, 0.3) is 0 Å².